The average Bonchev–Trinajstić information content (AvgIpc) is 2.58. The second-order valence-electron chi connectivity index (χ2n) is 5.54. The predicted octanol–water partition coefficient (Wildman–Crippen LogP) is 2.50. The largest absolute Gasteiger partial charge is 0.396 e. The van der Waals surface area contributed by atoms with Gasteiger partial charge >= 0.3 is 0 Å². The zero-order chi connectivity index (χ0) is 16.5. The Bertz CT molecular complexity index is 614. The number of hydrogen-bond acceptors (Lipinski definition) is 3. The maximum atomic E-state index is 12.3. The molecule has 0 aliphatic carbocycles. The first-order valence-corrected chi connectivity index (χ1v) is 7.93. The monoisotopic (exact) mass is 312 g/mol. The molecule has 0 aliphatic heterocycles. The molecule has 2 N–H and O–H groups in total. The van der Waals surface area contributed by atoms with E-state index in [4.69, 9.17) is 5.11 Å². The molecule has 0 saturated heterocycles. The van der Waals surface area contributed by atoms with E-state index in [0.29, 0.717) is 19.5 Å². The third-order valence-corrected chi connectivity index (χ3v) is 3.78. The van der Waals surface area contributed by atoms with E-state index < -0.39 is 0 Å². The highest BCUT2D eigenvalue weighted by Crippen LogP contribution is 2.13. The maximum absolute atomic E-state index is 12.3. The fourth-order valence-electron chi connectivity index (χ4n) is 2.43. The average molecular weight is 312 g/mol. The van der Waals surface area contributed by atoms with Gasteiger partial charge in [0.25, 0.3) is 0 Å². The highest BCUT2D eigenvalue weighted by molar-refractivity contribution is 5.81. The summed E-state index contributed by atoms with van der Waals surface area (Å²) in [6.07, 6.45) is 0.639. The van der Waals surface area contributed by atoms with Gasteiger partial charge in [0.2, 0.25) is 5.91 Å². The van der Waals surface area contributed by atoms with E-state index in [1.165, 1.54) is 5.56 Å². The van der Waals surface area contributed by atoms with Crippen molar-refractivity contribution in [1.29, 1.82) is 0 Å². The van der Waals surface area contributed by atoms with Crippen molar-refractivity contribution in [2.75, 3.05) is 24.6 Å². The van der Waals surface area contributed by atoms with Gasteiger partial charge in [0.1, 0.15) is 0 Å². The smallest absolute Gasteiger partial charge is 0.239 e. The van der Waals surface area contributed by atoms with E-state index in [-0.39, 0.29) is 19.1 Å². The molecule has 23 heavy (non-hydrogen) atoms. The summed E-state index contributed by atoms with van der Waals surface area (Å²) in [5.74, 6) is -0.0185. The van der Waals surface area contributed by atoms with Crippen molar-refractivity contribution in [2.45, 2.75) is 19.9 Å². The minimum Gasteiger partial charge on any atom is -0.396 e. The predicted molar refractivity (Wildman–Crippen MR) is 93.4 cm³/mol. The number of carbonyl (C=O) groups excluding carboxylic acids is 1. The number of aryl methyl sites for hydroxylation is 1. The van der Waals surface area contributed by atoms with Crippen molar-refractivity contribution >= 4 is 11.6 Å². The van der Waals surface area contributed by atoms with Crippen LogP contribution in [0.2, 0.25) is 0 Å². The van der Waals surface area contributed by atoms with Crippen molar-refractivity contribution < 1.29 is 9.90 Å². The van der Waals surface area contributed by atoms with Gasteiger partial charge in [-0.2, -0.15) is 0 Å². The number of rotatable bonds is 8. The van der Waals surface area contributed by atoms with Crippen molar-refractivity contribution in [1.82, 2.24) is 5.32 Å². The summed E-state index contributed by atoms with van der Waals surface area (Å²) >= 11 is 0. The van der Waals surface area contributed by atoms with E-state index in [0.717, 1.165) is 11.3 Å². The number of aliphatic hydroxyl groups excluding tert-OH is 1. The topological polar surface area (TPSA) is 52.6 Å². The standard InChI is InChI=1S/C19H24N2O2/c1-16-8-5-6-9-17(16)14-20-19(23)15-21(12-7-13-22)18-10-3-2-4-11-18/h2-6,8-11,22H,7,12-15H2,1H3,(H,20,23). The van der Waals surface area contributed by atoms with E-state index in [2.05, 4.69) is 5.32 Å². The summed E-state index contributed by atoms with van der Waals surface area (Å²) in [6, 6.07) is 17.8. The number of carbonyl (C=O) groups is 1. The lowest BCUT2D eigenvalue weighted by atomic mass is 10.1. The Morgan fingerprint density at radius 2 is 1.78 bits per heavy atom. The molecule has 0 radical (unpaired) electrons. The number of amides is 1. The van der Waals surface area contributed by atoms with Gasteiger partial charge in [0.15, 0.2) is 0 Å². The highest BCUT2D eigenvalue weighted by Gasteiger charge is 2.11. The Morgan fingerprint density at radius 1 is 1.09 bits per heavy atom. The molecule has 1 amide bonds. The summed E-state index contributed by atoms with van der Waals surface area (Å²) in [5.41, 5.74) is 3.29. The molecule has 4 nitrogen and oxygen atoms in total. The molecule has 0 fully saturated rings. The quantitative estimate of drug-likeness (QED) is 0.787. The molecule has 0 bridgehead atoms. The molecule has 2 rings (SSSR count). The summed E-state index contributed by atoms with van der Waals surface area (Å²) in [7, 11) is 0. The van der Waals surface area contributed by atoms with Crippen molar-refractivity contribution in [2.24, 2.45) is 0 Å². The third kappa shape index (κ3) is 5.42. The first-order valence-electron chi connectivity index (χ1n) is 7.93. The lowest BCUT2D eigenvalue weighted by Crippen LogP contribution is -2.37. The van der Waals surface area contributed by atoms with Gasteiger partial charge in [-0.3, -0.25) is 4.79 Å². The summed E-state index contributed by atoms with van der Waals surface area (Å²) in [5, 5.41) is 12.0. The highest BCUT2D eigenvalue weighted by atomic mass is 16.3. The first-order chi connectivity index (χ1) is 11.2. The van der Waals surface area contributed by atoms with Gasteiger partial charge in [-0.15, -0.1) is 0 Å². The lowest BCUT2D eigenvalue weighted by Gasteiger charge is -2.24. The molecule has 0 aliphatic rings. The van der Waals surface area contributed by atoms with Gasteiger partial charge < -0.3 is 15.3 Å². The van der Waals surface area contributed by atoms with Crippen LogP contribution in [0, 0.1) is 6.92 Å². The van der Waals surface area contributed by atoms with Crippen LogP contribution in [0.1, 0.15) is 17.5 Å². The van der Waals surface area contributed by atoms with E-state index in [1.807, 2.05) is 66.4 Å². The van der Waals surface area contributed by atoms with Crippen LogP contribution in [0.3, 0.4) is 0 Å². The van der Waals surface area contributed by atoms with Crippen LogP contribution in [-0.4, -0.2) is 30.7 Å². The molecule has 2 aromatic rings. The molecule has 0 aromatic heterocycles. The Kier molecular flexibility index (Phi) is 6.63. The zero-order valence-corrected chi connectivity index (χ0v) is 13.5. The van der Waals surface area contributed by atoms with Gasteiger partial charge in [0, 0.05) is 25.4 Å². The normalized spacial score (nSPS) is 10.3. The summed E-state index contributed by atoms with van der Waals surface area (Å²) in [4.78, 5) is 14.2. The van der Waals surface area contributed by atoms with Crippen molar-refractivity contribution in [3.63, 3.8) is 0 Å². The number of anilines is 1. The summed E-state index contributed by atoms with van der Waals surface area (Å²) < 4.78 is 0. The van der Waals surface area contributed by atoms with Crippen LogP contribution in [0.5, 0.6) is 0 Å². The number of aliphatic hydroxyl groups is 1. The number of benzene rings is 2. The van der Waals surface area contributed by atoms with Crippen LogP contribution in [0.25, 0.3) is 0 Å². The molecule has 0 saturated carbocycles. The molecular formula is C19H24N2O2. The minimum atomic E-state index is -0.0185. The van der Waals surface area contributed by atoms with Gasteiger partial charge in [0.05, 0.1) is 6.54 Å². The zero-order valence-electron chi connectivity index (χ0n) is 13.5. The number of nitrogens with one attached hydrogen (secondary N) is 1. The van der Waals surface area contributed by atoms with Crippen LogP contribution in [0.4, 0.5) is 5.69 Å². The first kappa shape index (κ1) is 17.0. The van der Waals surface area contributed by atoms with Crippen LogP contribution >= 0.6 is 0 Å². The molecule has 0 atom stereocenters. The second kappa shape index (κ2) is 8.96. The molecule has 0 spiro atoms. The van der Waals surface area contributed by atoms with E-state index in [9.17, 15) is 4.79 Å². The summed E-state index contributed by atoms with van der Waals surface area (Å²) in [6.45, 7) is 3.63. The molecule has 0 unspecified atom stereocenters. The fraction of sp³-hybridized carbons (Fsp3) is 0.316. The number of nitrogens with zero attached hydrogens (tertiary/aromatic N) is 1. The van der Waals surface area contributed by atoms with E-state index >= 15 is 0 Å². The Balaban J connectivity index is 1.93. The lowest BCUT2D eigenvalue weighted by molar-refractivity contribution is -0.119. The Labute approximate surface area is 137 Å². The Hall–Kier alpha value is -2.33. The SMILES string of the molecule is Cc1ccccc1CNC(=O)CN(CCCO)c1ccccc1. The van der Waals surface area contributed by atoms with Crippen LogP contribution in [-0.2, 0) is 11.3 Å². The molecule has 4 heteroatoms. The van der Waals surface area contributed by atoms with Gasteiger partial charge in [-0.25, -0.2) is 0 Å². The molecule has 122 valence electrons. The number of para-hydroxylation sites is 1. The second-order valence-corrected chi connectivity index (χ2v) is 5.54. The maximum Gasteiger partial charge on any atom is 0.239 e. The fourth-order valence-corrected chi connectivity index (χ4v) is 2.43. The van der Waals surface area contributed by atoms with Gasteiger partial charge in [-0.1, -0.05) is 42.5 Å². The molecule has 0 heterocycles. The molecular weight excluding hydrogens is 288 g/mol. The van der Waals surface area contributed by atoms with Crippen molar-refractivity contribution in [3.8, 4) is 0 Å². The van der Waals surface area contributed by atoms with Gasteiger partial charge in [-0.05, 0) is 36.6 Å². The van der Waals surface area contributed by atoms with Crippen LogP contribution < -0.4 is 10.2 Å². The van der Waals surface area contributed by atoms with Crippen LogP contribution in [0.15, 0.2) is 54.6 Å². The third-order valence-electron chi connectivity index (χ3n) is 3.78. The molecule has 2 aromatic carbocycles. The Morgan fingerprint density at radius 3 is 2.48 bits per heavy atom. The number of hydrogen-bond donors (Lipinski definition) is 2. The van der Waals surface area contributed by atoms with E-state index in [1.54, 1.807) is 0 Å². The minimum absolute atomic E-state index is 0.0185. The van der Waals surface area contributed by atoms with Crippen molar-refractivity contribution in [3.05, 3.63) is 65.7 Å².